The van der Waals surface area contributed by atoms with Crippen molar-refractivity contribution in [1.29, 1.82) is 0 Å². The normalized spacial score (nSPS) is 20.7. The van der Waals surface area contributed by atoms with Crippen LogP contribution in [0.4, 0.5) is 15.3 Å². The molecule has 2 aliphatic heterocycles. The van der Waals surface area contributed by atoms with Crippen molar-refractivity contribution in [3.05, 3.63) is 29.8 Å². The van der Waals surface area contributed by atoms with Crippen molar-refractivity contribution in [2.45, 2.75) is 19.4 Å². The molecule has 6 heteroatoms. The Hall–Kier alpha value is -2.24. The number of hydrazine groups is 1. The van der Waals surface area contributed by atoms with E-state index in [9.17, 15) is 9.59 Å². The van der Waals surface area contributed by atoms with Gasteiger partial charge in [0, 0.05) is 6.42 Å². The van der Waals surface area contributed by atoms with Gasteiger partial charge >= 0.3 is 12.2 Å². The Kier molecular flexibility index (Phi) is 2.77. The van der Waals surface area contributed by atoms with Crippen molar-refractivity contribution >= 4 is 17.9 Å². The van der Waals surface area contributed by atoms with Gasteiger partial charge in [0.1, 0.15) is 6.61 Å². The fourth-order valence-electron chi connectivity index (χ4n) is 2.47. The van der Waals surface area contributed by atoms with E-state index >= 15 is 0 Å². The Morgan fingerprint density at radius 2 is 2.26 bits per heavy atom. The van der Waals surface area contributed by atoms with Crippen LogP contribution < -0.4 is 5.01 Å². The van der Waals surface area contributed by atoms with Gasteiger partial charge in [-0.25, -0.2) is 14.6 Å². The number of carbonyl (C=O) groups excluding carboxylic acids is 2. The molecule has 0 spiro atoms. The van der Waals surface area contributed by atoms with Crippen LogP contribution in [0.2, 0.25) is 0 Å². The number of cyclic esters (lactones) is 1. The predicted octanol–water partition coefficient (Wildman–Crippen LogP) is 1.94. The lowest BCUT2D eigenvalue weighted by molar-refractivity contribution is 0.125. The van der Waals surface area contributed by atoms with Crippen LogP contribution in [0.5, 0.6) is 0 Å². The van der Waals surface area contributed by atoms with Crippen LogP contribution in [0.3, 0.4) is 0 Å². The van der Waals surface area contributed by atoms with Crippen LogP contribution in [-0.2, 0) is 15.9 Å². The average molecular weight is 262 g/mol. The van der Waals surface area contributed by atoms with E-state index in [2.05, 4.69) is 0 Å². The van der Waals surface area contributed by atoms with Gasteiger partial charge in [0.2, 0.25) is 0 Å². The first-order chi connectivity index (χ1) is 9.22. The zero-order valence-electron chi connectivity index (χ0n) is 10.5. The molecule has 100 valence electrons. The smallest absolute Gasteiger partial charge is 0.433 e. The highest BCUT2D eigenvalue weighted by molar-refractivity contribution is 5.93. The summed E-state index contributed by atoms with van der Waals surface area (Å²) < 4.78 is 10.1. The number of amides is 2. The Labute approximate surface area is 110 Å². The van der Waals surface area contributed by atoms with Gasteiger partial charge in [-0.1, -0.05) is 18.2 Å². The number of hydrogen-bond acceptors (Lipinski definition) is 4. The summed E-state index contributed by atoms with van der Waals surface area (Å²) in [7, 11) is 0. The lowest BCUT2D eigenvalue weighted by Gasteiger charge is -2.37. The quantitative estimate of drug-likeness (QED) is 0.776. The van der Waals surface area contributed by atoms with Gasteiger partial charge in [0.25, 0.3) is 0 Å². The maximum Gasteiger partial charge on any atom is 0.433 e. The van der Waals surface area contributed by atoms with Crippen LogP contribution in [-0.4, -0.2) is 36.5 Å². The second-order valence-electron chi connectivity index (χ2n) is 4.42. The van der Waals surface area contributed by atoms with Gasteiger partial charge < -0.3 is 9.47 Å². The monoisotopic (exact) mass is 262 g/mol. The molecule has 2 heterocycles. The van der Waals surface area contributed by atoms with Crippen molar-refractivity contribution < 1.29 is 19.1 Å². The summed E-state index contributed by atoms with van der Waals surface area (Å²) in [5.41, 5.74) is 1.69. The largest absolute Gasteiger partial charge is 0.448 e. The third-order valence-electron chi connectivity index (χ3n) is 3.26. The van der Waals surface area contributed by atoms with E-state index in [1.165, 1.54) is 10.0 Å². The third-order valence-corrected chi connectivity index (χ3v) is 3.26. The minimum atomic E-state index is -0.557. The minimum Gasteiger partial charge on any atom is -0.448 e. The first-order valence-electron chi connectivity index (χ1n) is 6.23. The van der Waals surface area contributed by atoms with Crippen LogP contribution in [0.1, 0.15) is 12.5 Å². The summed E-state index contributed by atoms with van der Waals surface area (Å²) in [6.45, 7) is 2.28. The number of anilines is 1. The fourth-order valence-corrected chi connectivity index (χ4v) is 2.47. The number of fused-ring (bicyclic) bond motifs is 2. The van der Waals surface area contributed by atoms with E-state index in [1.54, 1.807) is 13.0 Å². The van der Waals surface area contributed by atoms with E-state index in [0.717, 1.165) is 5.56 Å². The molecule has 0 saturated carbocycles. The molecule has 3 rings (SSSR count). The number of nitrogens with zero attached hydrogens (tertiary/aromatic N) is 2. The molecule has 0 bridgehead atoms. The lowest BCUT2D eigenvalue weighted by Crippen LogP contribution is -2.55. The minimum absolute atomic E-state index is 0.146. The van der Waals surface area contributed by atoms with Crippen LogP contribution in [0.25, 0.3) is 0 Å². The van der Waals surface area contributed by atoms with E-state index in [0.29, 0.717) is 18.7 Å². The molecule has 0 unspecified atom stereocenters. The molecule has 1 atom stereocenters. The molecular formula is C13H14N2O4. The first-order valence-corrected chi connectivity index (χ1v) is 6.23. The predicted molar refractivity (Wildman–Crippen MR) is 66.6 cm³/mol. The molecule has 19 heavy (non-hydrogen) atoms. The summed E-state index contributed by atoms with van der Waals surface area (Å²) >= 11 is 0. The molecule has 1 aromatic rings. The Bertz CT molecular complexity index is 531. The number of benzene rings is 1. The number of ether oxygens (including phenoxy) is 2. The standard InChI is InChI=1S/C13H14N2O4/c1-2-18-13(17)15-11-6-4-3-5-9(11)7-10-8-19-12(16)14(10)15/h3-6,10H,2,7-8H2,1H3/t10-/m1/s1. The van der Waals surface area contributed by atoms with Gasteiger partial charge in [-0.3, -0.25) is 0 Å². The lowest BCUT2D eigenvalue weighted by atomic mass is 10.0. The molecule has 0 radical (unpaired) electrons. The number of para-hydroxylation sites is 1. The topological polar surface area (TPSA) is 59.1 Å². The maximum atomic E-state index is 12.1. The summed E-state index contributed by atoms with van der Waals surface area (Å²) in [5, 5.41) is 2.63. The highest BCUT2D eigenvalue weighted by Crippen LogP contribution is 2.34. The van der Waals surface area contributed by atoms with E-state index in [4.69, 9.17) is 9.47 Å². The maximum absolute atomic E-state index is 12.1. The molecule has 1 fully saturated rings. The summed E-state index contributed by atoms with van der Waals surface area (Å²) in [6.07, 6.45) is -0.385. The van der Waals surface area contributed by atoms with E-state index in [-0.39, 0.29) is 12.6 Å². The molecule has 0 N–H and O–H groups in total. The van der Waals surface area contributed by atoms with Gasteiger partial charge in [-0.05, 0) is 18.6 Å². The second kappa shape index (κ2) is 4.46. The van der Waals surface area contributed by atoms with E-state index in [1.807, 2.05) is 18.2 Å². The van der Waals surface area contributed by atoms with Crippen LogP contribution in [0.15, 0.2) is 24.3 Å². The molecule has 1 aromatic carbocycles. The van der Waals surface area contributed by atoms with Crippen molar-refractivity contribution in [2.75, 3.05) is 18.2 Å². The van der Waals surface area contributed by atoms with Crippen molar-refractivity contribution in [3.8, 4) is 0 Å². The first kappa shape index (κ1) is 11.8. The molecule has 0 aliphatic carbocycles. The highest BCUT2D eigenvalue weighted by atomic mass is 16.6. The summed E-state index contributed by atoms with van der Waals surface area (Å²) in [6, 6.07) is 7.34. The Morgan fingerprint density at radius 3 is 3.05 bits per heavy atom. The van der Waals surface area contributed by atoms with Crippen molar-refractivity contribution in [2.24, 2.45) is 0 Å². The molecular weight excluding hydrogens is 248 g/mol. The zero-order chi connectivity index (χ0) is 13.4. The molecule has 2 aliphatic rings. The van der Waals surface area contributed by atoms with Crippen molar-refractivity contribution in [1.82, 2.24) is 5.01 Å². The Balaban J connectivity index is 2.05. The van der Waals surface area contributed by atoms with Gasteiger partial charge in [-0.15, -0.1) is 0 Å². The third kappa shape index (κ3) is 1.80. The van der Waals surface area contributed by atoms with Crippen LogP contribution >= 0.6 is 0 Å². The molecule has 1 saturated heterocycles. The van der Waals surface area contributed by atoms with Gasteiger partial charge in [-0.2, -0.15) is 5.01 Å². The fraction of sp³-hybridized carbons (Fsp3) is 0.385. The number of carbonyl (C=O) groups is 2. The molecule has 0 aromatic heterocycles. The van der Waals surface area contributed by atoms with Crippen molar-refractivity contribution in [3.63, 3.8) is 0 Å². The average Bonchev–Trinajstić information content (AvgIpc) is 2.78. The summed E-state index contributed by atoms with van der Waals surface area (Å²) in [5.74, 6) is 0. The number of rotatable bonds is 1. The van der Waals surface area contributed by atoms with Gasteiger partial charge in [0.15, 0.2) is 0 Å². The number of hydrogen-bond donors (Lipinski definition) is 0. The molecule has 2 amide bonds. The van der Waals surface area contributed by atoms with Crippen LogP contribution in [0, 0.1) is 0 Å². The van der Waals surface area contributed by atoms with Gasteiger partial charge in [0.05, 0.1) is 18.3 Å². The Morgan fingerprint density at radius 1 is 1.47 bits per heavy atom. The second-order valence-corrected chi connectivity index (χ2v) is 4.42. The SMILES string of the molecule is CCOC(=O)N1c2ccccc2C[C@@H]2COC(=O)N21. The molecule has 6 nitrogen and oxygen atoms in total. The highest BCUT2D eigenvalue weighted by Gasteiger charge is 2.45. The summed E-state index contributed by atoms with van der Waals surface area (Å²) in [4.78, 5) is 23.9. The van der Waals surface area contributed by atoms with E-state index < -0.39 is 12.2 Å². The zero-order valence-corrected chi connectivity index (χ0v) is 10.5.